The van der Waals surface area contributed by atoms with Gasteiger partial charge >= 0.3 is 0 Å². The van der Waals surface area contributed by atoms with E-state index >= 15 is 0 Å². The molecule has 8 nitrogen and oxygen atoms in total. The summed E-state index contributed by atoms with van der Waals surface area (Å²) >= 11 is 0. The van der Waals surface area contributed by atoms with Gasteiger partial charge in [-0.1, -0.05) is 43.7 Å². The Morgan fingerprint density at radius 3 is 2.54 bits per heavy atom. The van der Waals surface area contributed by atoms with Crippen molar-refractivity contribution in [2.45, 2.75) is 63.3 Å². The van der Waals surface area contributed by atoms with Crippen molar-refractivity contribution in [2.75, 3.05) is 31.1 Å². The maximum atomic E-state index is 14.2. The Labute approximate surface area is 219 Å². The van der Waals surface area contributed by atoms with Gasteiger partial charge in [0.15, 0.2) is 0 Å². The highest BCUT2D eigenvalue weighted by molar-refractivity contribution is 6.03. The van der Waals surface area contributed by atoms with Gasteiger partial charge < -0.3 is 24.5 Å². The lowest BCUT2D eigenvalue weighted by atomic mass is 9.70. The van der Waals surface area contributed by atoms with Crippen LogP contribution >= 0.6 is 0 Å². The second-order valence-corrected chi connectivity index (χ2v) is 10.3. The number of amides is 3. The van der Waals surface area contributed by atoms with Crippen LogP contribution in [0.1, 0.15) is 39.5 Å². The number of carbonyl (C=O) groups is 3. The molecule has 3 fully saturated rings. The number of likely N-dealkylation sites (tertiary alicyclic amines) is 1. The number of β-amino-alcohol motifs (C(OH)–C–C–N with tert-alkyl or cyclic N) is 1. The fraction of sp³-hybridized carbons (Fsp3) is 0.552. The zero-order valence-electron chi connectivity index (χ0n) is 21.9. The van der Waals surface area contributed by atoms with Crippen LogP contribution in [0.5, 0.6) is 0 Å². The third kappa shape index (κ3) is 4.50. The molecule has 1 N–H and O–H groups in total. The summed E-state index contributed by atoms with van der Waals surface area (Å²) in [5, 5.41) is 9.83. The number of hydrogen-bond acceptors (Lipinski definition) is 5. The quantitative estimate of drug-likeness (QED) is 0.438. The molecule has 37 heavy (non-hydrogen) atoms. The number of nitrogens with zero attached hydrogens (tertiary/aromatic N) is 3. The van der Waals surface area contributed by atoms with Crippen LogP contribution < -0.4 is 4.90 Å². The van der Waals surface area contributed by atoms with Crippen LogP contribution in [-0.4, -0.2) is 82.7 Å². The monoisotopic (exact) mass is 509 g/mol. The lowest BCUT2D eigenvalue weighted by Gasteiger charge is -2.38. The van der Waals surface area contributed by atoms with Crippen molar-refractivity contribution in [3.8, 4) is 0 Å². The number of ether oxygens (including phenoxy) is 1. The maximum absolute atomic E-state index is 14.2. The Morgan fingerprint density at radius 1 is 1.22 bits per heavy atom. The predicted molar refractivity (Wildman–Crippen MR) is 142 cm³/mol. The van der Waals surface area contributed by atoms with E-state index in [-0.39, 0.29) is 36.9 Å². The van der Waals surface area contributed by atoms with Crippen LogP contribution in [0.2, 0.25) is 0 Å². The fourth-order valence-corrected chi connectivity index (χ4v) is 6.66. The van der Waals surface area contributed by atoms with Crippen LogP contribution in [0.15, 0.2) is 55.6 Å². The van der Waals surface area contributed by atoms with Gasteiger partial charge in [-0.05, 0) is 38.3 Å². The summed E-state index contributed by atoms with van der Waals surface area (Å²) in [6.45, 7) is 12.1. The van der Waals surface area contributed by atoms with E-state index in [4.69, 9.17) is 4.74 Å². The molecule has 1 spiro atoms. The first-order valence-electron chi connectivity index (χ1n) is 13.3. The SMILES string of the molecule is C=CCN(C(=O)[C@@H]1[C@@H]2CCC3(O2)C(C(=O)N(CC=C)C(C)CCC)N(CCO)C(=O)[C@H]13)c1ccccc1. The van der Waals surface area contributed by atoms with E-state index in [0.717, 1.165) is 18.5 Å². The zero-order valence-corrected chi connectivity index (χ0v) is 21.9. The average Bonchev–Trinajstić information content (AvgIpc) is 3.53. The minimum Gasteiger partial charge on any atom is -0.395 e. The summed E-state index contributed by atoms with van der Waals surface area (Å²) in [6, 6.07) is 8.39. The lowest BCUT2D eigenvalue weighted by Crippen LogP contribution is -2.58. The van der Waals surface area contributed by atoms with E-state index in [2.05, 4.69) is 20.1 Å². The molecule has 0 radical (unpaired) electrons. The molecule has 2 bridgehead atoms. The van der Waals surface area contributed by atoms with Gasteiger partial charge in [0, 0.05) is 31.4 Å². The third-order valence-electron chi connectivity index (χ3n) is 8.15. The Balaban J connectivity index is 1.73. The number of fused-ring (bicyclic) bond motifs is 1. The van der Waals surface area contributed by atoms with Crippen molar-refractivity contribution < 1.29 is 24.2 Å². The van der Waals surface area contributed by atoms with Crippen molar-refractivity contribution in [3.63, 3.8) is 0 Å². The topological polar surface area (TPSA) is 90.4 Å². The van der Waals surface area contributed by atoms with E-state index in [1.165, 1.54) is 4.90 Å². The van der Waals surface area contributed by atoms with Crippen LogP contribution in [-0.2, 0) is 19.1 Å². The molecular weight excluding hydrogens is 470 g/mol. The van der Waals surface area contributed by atoms with E-state index in [1.807, 2.05) is 37.3 Å². The number of benzene rings is 1. The average molecular weight is 510 g/mol. The van der Waals surface area contributed by atoms with Crippen molar-refractivity contribution in [3.05, 3.63) is 55.6 Å². The second-order valence-electron chi connectivity index (χ2n) is 10.3. The van der Waals surface area contributed by atoms with E-state index in [1.54, 1.807) is 22.0 Å². The first-order valence-corrected chi connectivity index (χ1v) is 13.3. The van der Waals surface area contributed by atoms with Gasteiger partial charge in [-0.3, -0.25) is 14.4 Å². The first kappa shape index (κ1) is 27.1. The van der Waals surface area contributed by atoms with E-state index < -0.39 is 29.6 Å². The van der Waals surface area contributed by atoms with Gasteiger partial charge in [0.1, 0.15) is 11.6 Å². The summed E-state index contributed by atoms with van der Waals surface area (Å²) in [5.74, 6) is -2.18. The normalized spacial score (nSPS) is 28.6. The first-order chi connectivity index (χ1) is 17.9. The van der Waals surface area contributed by atoms with Crippen molar-refractivity contribution >= 4 is 23.4 Å². The summed E-state index contributed by atoms with van der Waals surface area (Å²) in [5.41, 5.74) is -0.365. The Morgan fingerprint density at radius 2 is 1.92 bits per heavy atom. The number of para-hydroxylation sites is 1. The molecule has 3 heterocycles. The fourth-order valence-electron chi connectivity index (χ4n) is 6.66. The number of carbonyl (C=O) groups excluding carboxylic acids is 3. The summed E-state index contributed by atoms with van der Waals surface area (Å²) < 4.78 is 6.54. The van der Waals surface area contributed by atoms with Crippen molar-refractivity contribution in [1.29, 1.82) is 0 Å². The van der Waals surface area contributed by atoms with Gasteiger partial charge in [0.05, 0.1) is 24.5 Å². The maximum Gasteiger partial charge on any atom is 0.248 e. The van der Waals surface area contributed by atoms with Gasteiger partial charge in [-0.25, -0.2) is 0 Å². The zero-order chi connectivity index (χ0) is 26.7. The summed E-state index contributed by atoms with van der Waals surface area (Å²) in [4.78, 5) is 47.0. The van der Waals surface area contributed by atoms with Crippen LogP contribution in [0.4, 0.5) is 5.69 Å². The number of rotatable bonds is 12. The second kappa shape index (κ2) is 11.2. The summed E-state index contributed by atoms with van der Waals surface area (Å²) in [7, 11) is 0. The number of aliphatic hydroxyl groups excluding tert-OH is 1. The summed E-state index contributed by atoms with van der Waals surface area (Å²) in [6.07, 6.45) is 5.76. The van der Waals surface area contributed by atoms with Crippen molar-refractivity contribution in [1.82, 2.24) is 9.80 Å². The molecule has 1 aromatic carbocycles. The molecule has 3 saturated heterocycles. The highest BCUT2D eigenvalue weighted by Crippen LogP contribution is 2.59. The smallest absolute Gasteiger partial charge is 0.248 e. The largest absolute Gasteiger partial charge is 0.395 e. The number of hydrogen-bond donors (Lipinski definition) is 1. The molecule has 1 aromatic rings. The van der Waals surface area contributed by atoms with Crippen LogP contribution in [0.3, 0.4) is 0 Å². The highest BCUT2D eigenvalue weighted by Gasteiger charge is 2.75. The van der Waals surface area contributed by atoms with Crippen molar-refractivity contribution in [2.24, 2.45) is 11.8 Å². The molecule has 200 valence electrons. The third-order valence-corrected chi connectivity index (χ3v) is 8.15. The number of anilines is 1. The molecule has 4 rings (SSSR count). The Hall–Kier alpha value is -2.97. The molecule has 6 atom stereocenters. The highest BCUT2D eigenvalue weighted by atomic mass is 16.5. The van der Waals surface area contributed by atoms with Crippen LogP contribution in [0.25, 0.3) is 0 Å². The minimum atomic E-state index is -1.09. The van der Waals surface area contributed by atoms with Gasteiger partial charge in [-0.15, -0.1) is 13.2 Å². The predicted octanol–water partition coefficient (Wildman–Crippen LogP) is 2.78. The van der Waals surface area contributed by atoms with E-state index in [9.17, 15) is 19.5 Å². The van der Waals surface area contributed by atoms with Gasteiger partial charge in [-0.2, -0.15) is 0 Å². The minimum absolute atomic E-state index is 0.0154. The van der Waals surface area contributed by atoms with Gasteiger partial charge in [0.2, 0.25) is 17.7 Å². The molecular formula is C29H39N3O5. The number of aliphatic hydroxyl groups is 1. The molecule has 3 unspecified atom stereocenters. The van der Waals surface area contributed by atoms with E-state index in [0.29, 0.717) is 25.9 Å². The molecule has 3 aliphatic rings. The molecule has 3 amide bonds. The molecule has 0 aromatic heterocycles. The lowest BCUT2D eigenvalue weighted by molar-refractivity contribution is -0.149. The molecule has 3 aliphatic heterocycles. The Bertz CT molecular complexity index is 1030. The molecule has 8 heteroatoms. The van der Waals surface area contributed by atoms with Gasteiger partial charge in [0.25, 0.3) is 0 Å². The Kier molecular flexibility index (Phi) is 8.19. The molecule has 0 aliphatic carbocycles. The van der Waals surface area contributed by atoms with Crippen LogP contribution in [0, 0.1) is 11.8 Å². The molecule has 0 saturated carbocycles. The standard InChI is InChI=1S/C29H39N3O5/c1-5-11-20(4)30(16-6-2)28(36)25-29-15-14-22(37-29)23(24(29)27(35)32(25)18-19-33)26(34)31(17-7-3)21-12-9-8-10-13-21/h6-10,12-13,20,22-25,33H,2-3,5,11,14-19H2,1,4H3/t20?,22-,23+,24-,25?,29?/m0/s1.